The molecule has 1 amide bonds. The van der Waals surface area contributed by atoms with E-state index in [2.05, 4.69) is 28.8 Å². The summed E-state index contributed by atoms with van der Waals surface area (Å²) >= 11 is 0. The van der Waals surface area contributed by atoms with Crippen LogP contribution in [0.15, 0.2) is 47.4 Å². The van der Waals surface area contributed by atoms with Crippen LogP contribution in [0.1, 0.15) is 34.1 Å². The zero-order chi connectivity index (χ0) is 24.0. The number of carbonyl (C=O) groups excluding carboxylic acids is 1. The van der Waals surface area contributed by atoms with Gasteiger partial charge in [-0.05, 0) is 56.2 Å². The number of carbonyl (C=O) groups is 1. The summed E-state index contributed by atoms with van der Waals surface area (Å²) in [4.78, 5) is 15.2. The number of hydrogen-bond acceptors (Lipinski definition) is 6. The largest absolute Gasteiger partial charge is 0.490 e. The van der Waals surface area contributed by atoms with Gasteiger partial charge in [-0.1, -0.05) is 13.8 Å². The lowest BCUT2D eigenvalue weighted by atomic mass is 10.0. The third-order valence-corrected chi connectivity index (χ3v) is 6.96. The fourth-order valence-electron chi connectivity index (χ4n) is 3.60. The molecule has 33 heavy (non-hydrogen) atoms. The number of anilines is 2. The Labute approximate surface area is 196 Å². The summed E-state index contributed by atoms with van der Waals surface area (Å²) in [5.41, 5.74) is 1.67. The van der Waals surface area contributed by atoms with Gasteiger partial charge in [0, 0.05) is 37.0 Å². The third kappa shape index (κ3) is 6.17. The molecule has 0 spiro atoms. The van der Waals surface area contributed by atoms with Crippen molar-refractivity contribution in [1.29, 1.82) is 0 Å². The molecule has 8 nitrogen and oxygen atoms in total. The molecular formula is C24H33N3O5S. The highest BCUT2D eigenvalue weighted by Gasteiger charge is 2.29. The Kier molecular flexibility index (Phi) is 8.20. The van der Waals surface area contributed by atoms with Crippen LogP contribution in [0.2, 0.25) is 0 Å². The van der Waals surface area contributed by atoms with Crippen LogP contribution in [0.4, 0.5) is 11.4 Å². The van der Waals surface area contributed by atoms with Gasteiger partial charge in [-0.15, -0.1) is 0 Å². The molecule has 0 aliphatic carbocycles. The van der Waals surface area contributed by atoms with Crippen LogP contribution in [-0.2, 0) is 14.8 Å². The summed E-state index contributed by atoms with van der Waals surface area (Å²) in [5.74, 6) is 0.209. The Morgan fingerprint density at radius 2 is 1.64 bits per heavy atom. The van der Waals surface area contributed by atoms with Gasteiger partial charge in [0.25, 0.3) is 0 Å². The number of benzene rings is 2. The first-order valence-electron chi connectivity index (χ1n) is 11.3. The molecule has 1 aliphatic heterocycles. The quantitative estimate of drug-likeness (QED) is 0.575. The normalized spacial score (nSPS) is 14.5. The minimum Gasteiger partial charge on any atom is -0.490 e. The molecule has 1 atom stereocenters. The zero-order valence-electron chi connectivity index (χ0n) is 19.6. The number of nitrogens with zero attached hydrogens (tertiary/aromatic N) is 1. The average molecular weight is 476 g/mol. The molecule has 1 aliphatic rings. The molecule has 0 saturated carbocycles. The van der Waals surface area contributed by atoms with E-state index < -0.39 is 22.0 Å². The first-order chi connectivity index (χ1) is 15.7. The van der Waals surface area contributed by atoms with Gasteiger partial charge in [-0.2, -0.15) is 4.72 Å². The van der Waals surface area contributed by atoms with Crippen LogP contribution < -0.4 is 24.4 Å². The highest BCUT2D eigenvalue weighted by atomic mass is 32.2. The molecule has 1 heterocycles. The van der Waals surface area contributed by atoms with E-state index in [0.717, 1.165) is 25.2 Å². The van der Waals surface area contributed by atoms with E-state index in [1.54, 1.807) is 19.9 Å². The number of ether oxygens (including phenoxy) is 2. The van der Waals surface area contributed by atoms with E-state index in [-0.39, 0.29) is 10.8 Å². The third-order valence-electron chi connectivity index (χ3n) is 5.52. The van der Waals surface area contributed by atoms with Gasteiger partial charge in [0.15, 0.2) is 11.5 Å². The highest BCUT2D eigenvalue weighted by Crippen LogP contribution is 2.32. The van der Waals surface area contributed by atoms with Crippen molar-refractivity contribution in [3.63, 3.8) is 0 Å². The first-order valence-corrected chi connectivity index (χ1v) is 12.8. The predicted octanol–water partition coefficient (Wildman–Crippen LogP) is 3.64. The van der Waals surface area contributed by atoms with Gasteiger partial charge in [0.05, 0.1) is 18.1 Å². The predicted molar refractivity (Wildman–Crippen MR) is 130 cm³/mol. The summed E-state index contributed by atoms with van der Waals surface area (Å²) in [6.45, 7) is 10.5. The molecule has 2 N–H and O–H groups in total. The van der Waals surface area contributed by atoms with Gasteiger partial charge < -0.3 is 19.7 Å². The maximum atomic E-state index is 13.1. The smallest absolute Gasteiger partial charge is 0.242 e. The van der Waals surface area contributed by atoms with E-state index in [0.29, 0.717) is 30.4 Å². The number of rotatable bonds is 9. The zero-order valence-corrected chi connectivity index (χ0v) is 20.4. The van der Waals surface area contributed by atoms with Gasteiger partial charge in [0.1, 0.15) is 6.04 Å². The van der Waals surface area contributed by atoms with Crippen molar-refractivity contribution in [1.82, 2.24) is 4.72 Å². The van der Waals surface area contributed by atoms with Crippen molar-refractivity contribution in [3.8, 4) is 11.5 Å². The summed E-state index contributed by atoms with van der Waals surface area (Å²) in [5, 5.41) is 2.83. The Bertz CT molecular complexity index is 1050. The fourth-order valence-corrected chi connectivity index (χ4v) is 4.96. The number of fused-ring (bicyclic) bond motifs is 1. The summed E-state index contributed by atoms with van der Waals surface area (Å²) < 4.78 is 39.9. The highest BCUT2D eigenvalue weighted by molar-refractivity contribution is 7.89. The van der Waals surface area contributed by atoms with Crippen molar-refractivity contribution >= 4 is 27.3 Å². The minimum atomic E-state index is -3.96. The molecule has 0 radical (unpaired) electrons. The molecular weight excluding hydrogens is 442 g/mol. The standard InChI is InChI=1S/C24H33N3O5S/c1-5-27(6-2)19-10-8-18(9-11-19)25-24(28)23(17(3)4)26-33(29,30)20-12-13-21-22(16-20)32-15-7-14-31-21/h8-13,16-17,23,26H,5-7,14-15H2,1-4H3,(H,25,28)/t23-/m0/s1. The topological polar surface area (TPSA) is 97.0 Å². The van der Waals surface area contributed by atoms with Gasteiger partial charge in [0.2, 0.25) is 15.9 Å². The first kappa shape index (κ1) is 24.9. The lowest BCUT2D eigenvalue weighted by Crippen LogP contribution is -2.47. The lowest BCUT2D eigenvalue weighted by Gasteiger charge is -2.23. The van der Waals surface area contributed by atoms with E-state index in [4.69, 9.17) is 9.47 Å². The van der Waals surface area contributed by atoms with Gasteiger partial charge in [-0.3, -0.25) is 4.79 Å². The SMILES string of the molecule is CCN(CC)c1ccc(NC(=O)[C@@H](NS(=O)(=O)c2ccc3c(c2)OCCCO3)C(C)C)cc1. The van der Waals surface area contributed by atoms with Crippen LogP contribution in [-0.4, -0.2) is 46.7 Å². The molecule has 0 fully saturated rings. The molecule has 3 rings (SSSR count). The maximum absolute atomic E-state index is 13.1. The van der Waals surface area contributed by atoms with E-state index >= 15 is 0 Å². The van der Waals surface area contributed by atoms with Crippen LogP contribution in [0, 0.1) is 5.92 Å². The number of sulfonamides is 1. The number of nitrogens with one attached hydrogen (secondary N) is 2. The molecule has 180 valence electrons. The van der Waals surface area contributed by atoms with Crippen LogP contribution >= 0.6 is 0 Å². The van der Waals surface area contributed by atoms with Crippen molar-refractivity contribution in [2.75, 3.05) is 36.5 Å². The summed E-state index contributed by atoms with van der Waals surface area (Å²) in [6.07, 6.45) is 0.723. The van der Waals surface area contributed by atoms with Crippen LogP contribution in [0.25, 0.3) is 0 Å². The summed E-state index contributed by atoms with van der Waals surface area (Å²) in [6, 6.07) is 11.0. The second-order valence-corrected chi connectivity index (χ2v) is 9.92. The fraction of sp³-hybridized carbons (Fsp3) is 0.458. The van der Waals surface area contributed by atoms with Crippen molar-refractivity contribution in [2.45, 2.75) is 45.1 Å². The Hall–Kier alpha value is -2.78. The van der Waals surface area contributed by atoms with Gasteiger partial charge in [-0.25, -0.2) is 8.42 Å². The van der Waals surface area contributed by atoms with E-state index in [1.807, 2.05) is 24.3 Å². The molecule has 9 heteroatoms. The molecule has 2 aromatic carbocycles. The number of amides is 1. The van der Waals surface area contributed by atoms with Crippen molar-refractivity contribution in [3.05, 3.63) is 42.5 Å². The summed E-state index contributed by atoms with van der Waals surface area (Å²) in [7, 11) is -3.96. The Balaban J connectivity index is 1.74. The van der Waals surface area contributed by atoms with Crippen LogP contribution in [0.5, 0.6) is 11.5 Å². The Morgan fingerprint density at radius 3 is 2.24 bits per heavy atom. The van der Waals surface area contributed by atoms with Crippen molar-refractivity contribution in [2.24, 2.45) is 5.92 Å². The molecule has 0 saturated heterocycles. The average Bonchev–Trinajstić information content (AvgIpc) is 3.04. The monoisotopic (exact) mass is 475 g/mol. The maximum Gasteiger partial charge on any atom is 0.242 e. The molecule has 0 aromatic heterocycles. The molecule has 0 bridgehead atoms. The van der Waals surface area contributed by atoms with Gasteiger partial charge >= 0.3 is 0 Å². The second-order valence-electron chi connectivity index (χ2n) is 8.21. The Morgan fingerprint density at radius 1 is 1.00 bits per heavy atom. The van der Waals surface area contributed by atoms with Crippen molar-refractivity contribution < 1.29 is 22.7 Å². The minimum absolute atomic E-state index is 0.0220. The lowest BCUT2D eigenvalue weighted by molar-refractivity contribution is -0.118. The number of hydrogen-bond donors (Lipinski definition) is 2. The van der Waals surface area contributed by atoms with E-state index in [1.165, 1.54) is 12.1 Å². The molecule has 0 unspecified atom stereocenters. The second kappa shape index (κ2) is 10.9. The molecule has 2 aromatic rings. The van der Waals surface area contributed by atoms with Crippen LogP contribution in [0.3, 0.4) is 0 Å². The van der Waals surface area contributed by atoms with E-state index in [9.17, 15) is 13.2 Å².